The lowest BCUT2D eigenvalue weighted by atomic mass is 9.66. The Hall–Kier alpha value is -3.82. The number of carbonyl (C=O) groups is 2. The Morgan fingerprint density at radius 2 is 1.82 bits per heavy atom. The zero-order valence-corrected chi connectivity index (χ0v) is 18.1. The molecule has 0 saturated heterocycles. The zero-order chi connectivity index (χ0) is 24.0. The number of benzene rings is 2. The van der Waals surface area contributed by atoms with Crippen molar-refractivity contribution < 1.29 is 24.2 Å². The summed E-state index contributed by atoms with van der Waals surface area (Å²) in [4.78, 5) is 49.9. The molecule has 0 unspecified atom stereocenters. The van der Waals surface area contributed by atoms with E-state index in [-0.39, 0.29) is 13.0 Å². The predicted octanol–water partition coefficient (Wildman–Crippen LogP) is 2.84. The molecule has 1 N–H and O–H groups in total. The van der Waals surface area contributed by atoms with Crippen LogP contribution in [0.4, 0.5) is 5.69 Å². The highest BCUT2D eigenvalue weighted by molar-refractivity contribution is 6.08. The number of carbonyl (C=O) groups excluding carboxylic acids is 2. The first-order chi connectivity index (χ1) is 15.7. The van der Waals surface area contributed by atoms with Crippen LogP contribution in [0.5, 0.6) is 0 Å². The second-order valence-electron chi connectivity index (χ2n) is 8.53. The van der Waals surface area contributed by atoms with Gasteiger partial charge in [0, 0.05) is 15.5 Å². The summed E-state index contributed by atoms with van der Waals surface area (Å²) in [5, 5.41) is 27.2. The normalized spacial score (nSPS) is 27.8. The Bertz CT molecular complexity index is 1150. The van der Waals surface area contributed by atoms with Crippen molar-refractivity contribution >= 4 is 17.6 Å². The quantitative estimate of drug-likeness (QED) is 0.403. The topological polar surface area (TPSA) is 142 Å². The molecule has 2 aromatic rings. The number of anilines is 1. The van der Waals surface area contributed by atoms with Gasteiger partial charge in [-0.25, -0.2) is 4.79 Å². The molecule has 1 saturated carbocycles. The number of amides is 1. The molecule has 0 radical (unpaired) electrons. The summed E-state index contributed by atoms with van der Waals surface area (Å²) in [5.74, 6) is -4.37. The number of hydrogen-bond donors (Lipinski definition) is 1. The van der Waals surface area contributed by atoms with Crippen LogP contribution in [0, 0.1) is 33.1 Å². The number of nitrogens with one attached hydrogen (secondary N) is 1. The van der Waals surface area contributed by atoms with Gasteiger partial charge in [0.1, 0.15) is 5.92 Å². The maximum absolute atomic E-state index is 13.6. The van der Waals surface area contributed by atoms with E-state index in [2.05, 4.69) is 5.32 Å². The number of hydrogen-bond acceptors (Lipinski definition) is 7. The van der Waals surface area contributed by atoms with E-state index >= 15 is 0 Å². The van der Waals surface area contributed by atoms with Crippen LogP contribution in [0.1, 0.15) is 36.0 Å². The van der Waals surface area contributed by atoms with E-state index in [1.807, 2.05) is 6.92 Å². The molecular formula is C23H23N3O7. The summed E-state index contributed by atoms with van der Waals surface area (Å²) in [6.45, 7) is 2.36. The van der Waals surface area contributed by atoms with Gasteiger partial charge in [0.25, 0.3) is 0 Å². The monoisotopic (exact) mass is 453 g/mol. The van der Waals surface area contributed by atoms with Crippen LogP contribution in [0.15, 0.2) is 48.5 Å². The van der Waals surface area contributed by atoms with Crippen molar-refractivity contribution in [2.75, 3.05) is 18.5 Å². The Morgan fingerprint density at radius 3 is 2.42 bits per heavy atom. The number of para-hydroxylation sites is 1. The Balaban J connectivity index is 2.09. The summed E-state index contributed by atoms with van der Waals surface area (Å²) < 4.78 is 5.17. The van der Waals surface area contributed by atoms with Crippen molar-refractivity contribution in [2.24, 2.45) is 5.92 Å². The van der Waals surface area contributed by atoms with E-state index in [1.165, 1.54) is 6.92 Å². The number of nitro groups is 2. The Labute approximate surface area is 189 Å². The molecule has 172 valence electrons. The molecule has 1 amide bonds. The van der Waals surface area contributed by atoms with Crippen LogP contribution >= 0.6 is 0 Å². The summed E-state index contributed by atoms with van der Waals surface area (Å²) >= 11 is 0. The van der Waals surface area contributed by atoms with Crippen molar-refractivity contribution in [3.05, 3.63) is 85.4 Å². The number of nitrogens with zero attached hydrogens (tertiary/aromatic N) is 2. The minimum Gasteiger partial charge on any atom is -0.461 e. The van der Waals surface area contributed by atoms with Crippen LogP contribution in [0.3, 0.4) is 0 Å². The molecule has 10 nitrogen and oxygen atoms in total. The Morgan fingerprint density at radius 1 is 1.15 bits per heavy atom. The fraction of sp³-hybridized carbons (Fsp3) is 0.391. The van der Waals surface area contributed by atoms with Crippen molar-refractivity contribution in [2.45, 2.75) is 37.1 Å². The fourth-order valence-corrected chi connectivity index (χ4v) is 5.64. The van der Waals surface area contributed by atoms with E-state index in [1.54, 1.807) is 48.5 Å². The molecule has 10 heteroatoms. The van der Waals surface area contributed by atoms with Gasteiger partial charge in [-0.05, 0) is 37.5 Å². The fourth-order valence-electron chi connectivity index (χ4n) is 5.64. The van der Waals surface area contributed by atoms with Gasteiger partial charge in [-0.2, -0.15) is 0 Å². The van der Waals surface area contributed by atoms with Crippen LogP contribution in [0.2, 0.25) is 0 Å². The lowest BCUT2D eigenvalue weighted by molar-refractivity contribution is -0.582. The lowest BCUT2D eigenvalue weighted by Crippen LogP contribution is -2.58. The first kappa shape index (κ1) is 22.4. The van der Waals surface area contributed by atoms with Crippen LogP contribution < -0.4 is 5.32 Å². The Kier molecular flexibility index (Phi) is 5.39. The summed E-state index contributed by atoms with van der Waals surface area (Å²) in [7, 11) is 0. The summed E-state index contributed by atoms with van der Waals surface area (Å²) in [5.41, 5.74) is -1.85. The molecular weight excluding hydrogens is 430 g/mol. The predicted molar refractivity (Wildman–Crippen MR) is 117 cm³/mol. The largest absolute Gasteiger partial charge is 0.461 e. The highest BCUT2D eigenvalue weighted by Gasteiger charge is 2.80. The van der Waals surface area contributed by atoms with Gasteiger partial charge in [-0.3, -0.25) is 25.0 Å². The van der Waals surface area contributed by atoms with Crippen molar-refractivity contribution in [3.8, 4) is 0 Å². The number of fused-ring (bicyclic) bond motifs is 2. The van der Waals surface area contributed by atoms with E-state index in [9.17, 15) is 29.8 Å². The molecule has 2 aliphatic rings. The minimum absolute atomic E-state index is 0.143. The standard InChI is InChI=1S/C23H23N3O7/c1-3-33-21(28)23(26(31)32)16(13-25(29)30)12-22(19(23)15-10-8-14(2)9-11-15)17-6-4-5-7-18(17)24-20(22)27/h4-11,16,19H,3,12-13H2,1-2H3,(H,24,27)/t16-,19+,22-,23+/m1/s1. The van der Waals surface area contributed by atoms with Gasteiger partial charge in [-0.1, -0.05) is 48.0 Å². The second kappa shape index (κ2) is 7.95. The second-order valence-corrected chi connectivity index (χ2v) is 8.53. The van der Waals surface area contributed by atoms with Crippen molar-refractivity contribution in [1.82, 2.24) is 0 Å². The highest BCUT2D eigenvalue weighted by atomic mass is 16.6. The van der Waals surface area contributed by atoms with Crippen LogP contribution in [-0.2, 0) is 19.7 Å². The molecule has 4 rings (SSSR count). The van der Waals surface area contributed by atoms with Crippen LogP contribution in [0.25, 0.3) is 0 Å². The molecule has 1 heterocycles. The average Bonchev–Trinajstić information content (AvgIpc) is 3.21. The number of rotatable bonds is 6. The molecule has 1 spiro atoms. The number of esters is 1. The smallest absolute Gasteiger partial charge is 0.386 e. The third kappa shape index (κ3) is 3.08. The first-order valence-electron chi connectivity index (χ1n) is 10.6. The minimum atomic E-state index is -2.52. The van der Waals surface area contributed by atoms with Gasteiger partial charge in [0.15, 0.2) is 0 Å². The third-order valence-corrected chi connectivity index (χ3v) is 6.87. The summed E-state index contributed by atoms with van der Waals surface area (Å²) in [6, 6.07) is 13.5. The molecule has 1 fully saturated rings. The van der Waals surface area contributed by atoms with Gasteiger partial charge < -0.3 is 10.1 Å². The lowest BCUT2D eigenvalue weighted by Gasteiger charge is -2.34. The molecule has 4 atom stereocenters. The number of aryl methyl sites for hydroxylation is 1. The highest BCUT2D eigenvalue weighted by Crippen LogP contribution is 2.63. The van der Waals surface area contributed by atoms with Crippen molar-refractivity contribution in [3.63, 3.8) is 0 Å². The van der Waals surface area contributed by atoms with Crippen LogP contribution in [-0.4, -0.2) is 40.4 Å². The molecule has 33 heavy (non-hydrogen) atoms. The summed E-state index contributed by atoms with van der Waals surface area (Å²) in [6.07, 6.45) is -0.241. The molecule has 2 aromatic carbocycles. The van der Waals surface area contributed by atoms with E-state index in [0.717, 1.165) is 5.56 Å². The van der Waals surface area contributed by atoms with E-state index < -0.39 is 51.1 Å². The SMILES string of the molecule is CCOC(=O)[C@]1([N+](=O)[O-])[C@@H](C[N+](=O)[O-])C[C@]2(C(=O)Nc3ccccc32)[C@@H]1c1ccc(C)cc1. The molecule has 1 aliphatic heterocycles. The first-order valence-corrected chi connectivity index (χ1v) is 10.6. The van der Waals surface area contributed by atoms with Gasteiger partial charge in [0.05, 0.1) is 17.9 Å². The number of ether oxygens (including phenoxy) is 1. The average molecular weight is 453 g/mol. The molecule has 1 aliphatic carbocycles. The molecule has 0 bridgehead atoms. The van der Waals surface area contributed by atoms with Gasteiger partial charge in [0.2, 0.25) is 12.5 Å². The van der Waals surface area contributed by atoms with E-state index in [0.29, 0.717) is 16.8 Å². The molecule has 0 aromatic heterocycles. The van der Waals surface area contributed by atoms with Crippen molar-refractivity contribution in [1.29, 1.82) is 0 Å². The van der Waals surface area contributed by atoms with Gasteiger partial charge >= 0.3 is 11.5 Å². The zero-order valence-electron chi connectivity index (χ0n) is 18.1. The maximum Gasteiger partial charge on any atom is 0.386 e. The maximum atomic E-state index is 13.6. The van der Waals surface area contributed by atoms with E-state index in [4.69, 9.17) is 4.74 Å². The van der Waals surface area contributed by atoms with Gasteiger partial charge in [-0.15, -0.1) is 0 Å². The third-order valence-electron chi connectivity index (χ3n) is 6.87.